The lowest BCUT2D eigenvalue weighted by Crippen LogP contribution is -2.18. The van der Waals surface area contributed by atoms with E-state index in [4.69, 9.17) is 4.74 Å². The van der Waals surface area contributed by atoms with Crippen LogP contribution in [0.15, 0.2) is 0 Å². The number of ether oxygens (including phenoxy) is 1. The van der Waals surface area contributed by atoms with Gasteiger partial charge in [0.15, 0.2) is 0 Å². The van der Waals surface area contributed by atoms with E-state index >= 15 is 0 Å². The number of carbonyl (C=O) groups is 3. The second-order valence-corrected chi connectivity index (χ2v) is 19.5. The van der Waals surface area contributed by atoms with Gasteiger partial charge in [-0.05, 0) is 84.5 Å². The minimum absolute atomic E-state index is 0.0179. The molecular weight excluding hydrogens is 769 g/mol. The van der Waals surface area contributed by atoms with Crippen molar-refractivity contribution in [3.05, 3.63) is 0 Å². The Labute approximate surface area is 387 Å². The fraction of sp³-hybridized carbons (Fsp3) is 0.946. The van der Waals surface area contributed by atoms with Gasteiger partial charge in [-0.25, -0.2) is 0 Å². The Hall–Kier alpha value is -1.27. The quantitative estimate of drug-likeness (QED) is 0.0466. The fourth-order valence-corrected chi connectivity index (χ4v) is 8.54. The summed E-state index contributed by atoms with van der Waals surface area (Å²) in [6.07, 6.45) is 52.1. The van der Waals surface area contributed by atoms with Crippen molar-refractivity contribution in [1.29, 1.82) is 0 Å². The maximum atomic E-state index is 12.5. The van der Waals surface area contributed by atoms with Crippen LogP contribution in [0, 0.1) is 0 Å². The number of aliphatic hydroxyl groups excluding tert-OH is 2. The number of hydrogen-bond donors (Lipinski definition) is 2. The molecule has 0 radical (unpaired) electrons. The van der Waals surface area contributed by atoms with Crippen molar-refractivity contribution in [2.45, 2.75) is 342 Å². The number of aliphatic hydroxyl groups is 2. The van der Waals surface area contributed by atoms with Gasteiger partial charge in [-0.3, -0.25) is 4.79 Å². The monoisotopic (exact) mass is 879 g/mol. The minimum atomic E-state index is -0.0897. The SMILES string of the molecule is CCCCCCC(O)CCCCCCCCCCC(=O)OC(CCCCCC)CCCCCCCCCCC(C)=O.CCCCCCC(O)CCCCCCCCCCC(C)=O. The van der Waals surface area contributed by atoms with Crippen LogP contribution >= 0.6 is 0 Å². The van der Waals surface area contributed by atoms with Crippen LogP contribution in [0.3, 0.4) is 0 Å². The molecule has 6 heteroatoms. The Bertz CT molecular complexity index is 920. The maximum Gasteiger partial charge on any atom is 0.306 e. The van der Waals surface area contributed by atoms with Crippen molar-refractivity contribution in [2.24, 2.45) is 0 Å². The van der Waals surface area contributed by atoms with Gasteiger partial charge in [-0.1, -0.05) is 220 Å². The summed E-state index contributed by atoms with van der Waals surface area (Å²) in [5.74, 6) is 0.653. The van der Waals surface area contributed by atoms with E-state index < -0.39 is 0 Å². The van der Waals surface area contributed by atoms with Gasteiger partial charge in [0.2, 0.25) is 0 Å². The van der Waals surface area contributed by atoms with Gasteiger partial charge in [-0.15, -0.1) is 0 Å². The maximum absolute atomic E-state index is 12.5. The average molecular weight is 879 g/mol. The van der Waals surface area contributed by atoms with Crippen molar-refractivity contribution in [3.63, 3.8) is 0 Å². The van der Waals surface area contributed by atoms with Crippen LogP contribution in [0.5, 0.6) is 0 Å². The zero-order valence-corrected chi connectivity index (χ0v) is 42.6. The van der Waals surface area contributed by atoms with Crippen LogP contribution in [-0.2, 0) is 19.1 Å². The number of unbranched alkanes of at least 4 members (excludes halogenated alkanes) is 30. The van der Waals surface area contributed by atoms with E-state index in [1.165, 1.54) is 193 Å². The number of hydrogen-bond acceptors (Lipinski definition) is 6. The standard InChI is InChI=1S/C37H72O4.C19H38O2/c1-4-6-8-23-29-35(39)30-24-19-15-11-13-17-21-27-33-37(40)41-36(31-25-9-7-5-2)32-26-20-16-12-10-14-18-22-28-34(3)38;1-3-4-5-13-16-19(21)17-14-11-9-7-6-8-10-12-15-18(2)20/h35-36,39H,4-33H2,1-3H3;19,21H,3-17H2,1-2H3. The van der Waals surface area contributed by atoms with Gasteiger partial charge in [-0.2, -0.15) is 0 Å². The Balaban J connectivity index is 0. The van der Waals surface area contributed by atoms with Crippen molar-refractivity contribution in [2.75, 3.05) is 0 Å². The molecular formula is C56H110O6. The molecule has 0 aliphatic carbocycles. The van der Waals surface area contributed by atoms with Crippen molar-refractivity contribution >= 4 is 17.5 Å². The van der Waals surface area contributed by atoms with Gasteiger partial charge in [0.05, 0.1) is 12.2 Å². The van der Waals surface area contributed by atoms with E-state index in [1.54, 1.807) is 13.8 Å². The molecule has 2 N–H and O–H groups in total. The lowest BCUT2D eigenvalue weighted by atomic mass is 10.0. The Kier molecular flexibility index (Phi) is 53.0. The first-order chi connectivity index (χ1) is 30.2. The topological polar surface area (TPSA) is 101 Å². The Morgan fingerprint density at radius 2 is 0.548 bits per heavy atom. The van der Waals surface area contributed by atoms with Crippen LogP contribution in [0.4, 0.5) is 0 Å². The number of carbonyl (C=O) groups excluding carboxylic acids is 3. The highest BCUT2D eigenvalue weighted by molar-refractivity contribution is 5.75. The zero-order valence-electron chi connectivity index (χ0n) is 42.6. The first kappa shape index (κ1) is 62.8. The molecule has 0 aromatic heterocycles. The molecule has 0 saturated heterocycles. The van der Waals surface area contributed by atoms with Crippen LogP contribution in [0.1, 0.15) is 324 Å². The minimum Gasteiger partial charge on any atom is -0.462 e. The molecule has 0 heterocycles. The molecule has 0 aliphatic heterocycles. The van der Waals surface area contributed by atoms with E-state index in [0.717, 1.165) is 89.9 Å². The third kappa shape index (κ3) is 54.9. The molecule has 3 unspecified atom stereocenters. The highest BCUT2D eigenvalue weighted by Crippen LogP contribution is 2.20. The summed E-state index contributed by atoms with van der Waals surface area (Å²) in [5.41, 5.74) is 0. The van der Waals surface area contributed by atoms with Crippen LogP contribution in [0.2, 0.25) is 0 Å². The van der Waals surface area contributed by atoms with E-state index in [-0.39, 0.29) is 24.3 Å². The summed E-state index contributed by atoms with van der Waals surface area (Å²) >= 11 is 0. The molecule has 62 heavy (non-hydrogen) atoms. The highest BCUT2D eigenvalue weighted by Gasteiger charge is 2.14. The van der Waals surface area contributed by atoms with Gasteiger partial charge in [0, 0.05) is 19.3 Å². The Morgan fingerprint density at radius 3 is 0.823 bits per heavy atom. The third-order valence-corrected chi connectivity index (χ3v) is 12.7. The second-order valence-electron chi connectivity index (χ2n) is 19.5. The molecule has 0 bridgehead atoms. The number of esters is 1. The zero-order chi connectivity index (χ0) is 46.0. The van der Waals surface area contributed by atoms with E-state index in [9.17, 15) is 24.6 Å². The summed E-state index contributed by atoms with van der Waals surface area (Å²) in [7, 11) is 0. The van der Waals surface area contributed by atoms with Gasteiger partial charge in [0.25, 0.3) is 0 Å². The van der Waals surface area contributed by atoms with Gasteiger partial charge < -0.3 is 24.5 Å². The fourth-order valence-electron chi connectivity index (χ4n) is 8.54. The van der Waals surface area contributed by atoms with Crippen LogP contribution in [0.25, 0.3) is 0 Å². The largest absolute Gasteiger partial charge is 0.462 e. The van der Waals surface area contributed by atoms with E-state index in [2.05, 4.69) is 20.8 Å². The number of rotatable bonds is 49. The van der Waals surface area contributed by atoms with Crippen molar-refractivity contribution in [1.82, 2.24) is 0 Å². The summed E-state index contributed by atoms with van der Waals surface area (Å²) in [5, 5.41) is 19.9. The smallest absolute Gasteiger partial charge is 0.306 e. The van der Waals surface area contributed by atoms with Crippen molar-refractivity contribution < 1.29 is 29.3 Å². The van der Waals surface area contributed by atoms with E-state index in [1.807, 2.05) is 0 Å². The Morgan fingerprint density at radius 1 is 0.323 bits per heavy atom. The highest BCUT2D eigenvalue weighted by atomic mass is 16.5. The molecule has 6 nitrogen and oxygen atoms in total. The molecule has 0 aromatic rings. The molecule has 0 amide bonds. The van der Waals surface area contributed by atoms with Crippen molar-refractivity contribution in [3.8, 4) is 0 Å². The molecule has 0 fully saturated rings. The van der Waals surface area contributed by atoms with Crippen LogP contribution < -0.4 is 0 Å². The number of Topliss-reactive ketones (excluding diaryl/α,β-unsaturated/α-hetero) is 2. The lowest BCUT2D eigenvalue weighted by Gasteiger charge is -2.18. The van der Waals surface area contributed by atoms with Crippen LogP contribution in [-0.4, -0.2) is 46.1 Å². The average Bonchev–Trinajstić information content (AvgIpc) is 3.24. The molecule has 0 spiro atoms. The predicted octanol–water partition coefficient (Wildman–Crippen LogP) is 17.4. The molecule has 370 valence electrons. The third-order valence-electron chi connectivity index (χ3n) is 12.7. The number of ketones is 2. The first-order valence-corrected chi connectivity index (χ1v) is 27.7. The van der Waals surface area contributed by atoms with E-state index in [0.29, 0.717) is 18.0 Å². The molecule has 3 atom stereocenters. The van der Waals surface area contributed by atoms with Gasteiger partial charge in [0.1, 0.15) is 17.7 Å². The molecule has 0 aliphatic rings. The predicted molar refractivity (Wildman–Crippen MR) is 268 cm³/mol. The van der Waals surface area contributed by atoms with Gasteiger partial charge >= 0.3 is 5.97 Å². The first-order valence-electron chi connectivity index (χ1n) is 27.7. The summed E-state index contributed by atoms with van der Waals surface area (Å²) in [6.45, 7) is 10.1. The molecule has 0 saturated carbocycles. The summed E-state index contributed by atoms with van der Waals surface area (Å²) in [6, 6.07) is 0. The lowest BCUT2D eigenvalue weighted by molar-refractivity contribution is -0.150. The summed E-state index contributed by atoms with van der Waals surface area (Å²) < 4.78 is 5.96. The summed E-state index contributed by atoms with van der Waals surface area (Å²) in [4.78, 5) is 34.3. The second kappa shape index (κ2) is 52.4. The molecule has 0 rings (SSSR count). The molecule has 0 aromatic carbocycles. The normalized spacial score (nSPS) is 12.8.